The minimum atomic E-state index is -0.152. The van der Waals surface area contributed by atoms with Crippen molar-refractivity contribution in [3.8, 4) is 5.75 Å². The van der Waals surface area contributed by atoms with Crippen molar-refractivity contribution < 1.29 is 9.53 Å². The average Bonchev–Trinajstić information content (AvgIpc) is 2.70. The summed E-state index contributed by atoms with van der Waals surface area (Å²) < 4.78 is 5.13. The van der Waals surface area contributed by atoms with E-state index in [1.54, 1.807) is 7.11 Å². The summed E-state index contributed by atoms with van der Waals surface area (Å²) in [6, 6.07) is 7.66. The van der Waals surface area contributed by atoms with Crippen LogP contribution >= 0.6 is 24.0 Å². The summed E-state index contributed by atoms with van der Waals surface area (Å²) in [6.45, 7) is 4.43. The predicted octanol–water partition coefficient (Wildman–Crippen LogP) is 2.45. The van der Waals surface area contributed by atoms with Gasteiger partial charge < -0.3 is 10.1 Å². The van der Waals surface area contributed by atoms with Crippen LogP contribution in [0, 0.1) is 13.8 Å². The topological polar surface area (TPSA) is 88.2 Å². The van der Waals surface area contributed by atoms with E-state index in [0.717, 1.165) is 33.4 Å². The summed E-state index contributed by atoms with van der Waals surface area (Å²) >= 11 is 6.69. The van der Waals surface area contributed by atoms with Gasteiger partial charge in [0.15, 0.2) is 10.3 Å². The van der Waals surface area contributed by atoms with Crippen LogP contribution in [0.1, 0.15) is 28.9 Å². The third-order valence-corrected chi connectivity index (χ3v) is 4.91. The lowest BCUT2D eigenvalue weighted by Crippen LogP contribution is -2.46. The van der Waals surface area contributed by atoms with Gasteiger partial charge in [-0.3, -0.25) is 15.6 Å². The number of methoxy groups -OCH3 is 1. The van der Waals surface area contributed by atoms with Gasteiger partial charge in [-0.05, 0) is 62.0 Å². The zero-order valence-corrected chi connectivity index (χ0v) is 18.1. The third-order valence-electron chi connectivity index (χ3n) is 4.11. The first-order valence-electron chi connectivity index (χ1n) is 8.76. The van der Waals surface area contributed by atoms with Crippen LogP contribution in [0.2, 0.25) is 0 Å². The maximum atomic E-state index is 12.1. The van der Waals surface area contributed by atoms with Gasteiger partial charge in [0.2, 0.25) is 5.91 Å². The maximum Gasteiger partial charge on any atom is 0.238 e. The molecule has 0 aliphatic heterocycles. The predicted molar refractivity (Wildman–Crippen MR) is 115 cm³/mol. The van der Waals surface area contributed by atoms with Crippen molar-refractivity contribution in [3.63, 3.8) is 0 Å². The van der Waals surface area contributed by atoms with Crippen molar-refractivity contribution in [2.24, 2.45) is 0 Å². The Hall–Kier alpha value is -2.39. The number of amides is 1. The summed E-state index contributed by atoms with van der Waals surface area (Å²) in [6.07, 6.45) is 2.84. The summed E-state index contributed by atoms with van der Waals surface area (Å²) in [7, 11) is 1.63. The molecule has 1 heterocycles. The molecule has 1 amide bonds. The van der Waals surface area contributed by atoms with Gasteiger partial charge in [0.05, 0.1) is 7.11 Å². The SMILES string of the molecule is COc1ccc(CNC(=S)NNC(=O)CCc2c(C)nc(SC)nc2C)cc1. The Labute approximate surface area is 175 Å². The molecule has 0 spiro atoms. The summed E-state index contributed by atoms with van der Waals surface area (Å²) in [4.78, 5) is 21.0. The fourth-order valence-electron chi connectivity index (χ4n) is 2.56. The number of thioether (sulfide) groups is 1. The number of nitrogens with one attached hydrogen (secondary N) is 3. The number of aryl methyl sites for hydroxylation is 2. The molecule has 150 valence electrons. The van der Waals surface area contributed by atoms with Crippen molar-refractivity contribution in [2.45, 2.75) is 38.4 Å². The lowest BCUT2D eigenvalue weighted by Gasteiger charge is -2.13. The van der Waals surface area contributed by atoms with E-state index in [-0.39, 0.29) is 5.91 Å². The number of benzene rings is 1. The van der Waals surface area contributed by atoms with Crippen molar-refractivity contribution in [1.29, 1.82) is 0 Å². The fourth-order valence-corrected chi connectivity index (χ4v) is 3.14. The number of ether oxygens (including phenoxy) is 1. The van der Waals surface area contributed by atoms with Gasteiger partial charge in [0, 0.05) is 24.4 Å². The molecule has 0 bridgehead atoms. The van der Waals surface area contributed by atoms with Crippen molar-refractivity contribution >= 4 is 35.0 Å². The number of thiocarbonyl (C=S) groups is 1. The molecule has 0 aliphatic carbocycles. The molecule has 0 fully saturated rings. The largest absolute Gasteiger partial charge is 0.497 e. The second kappa shape index (κ2) is 10.8. The number of carbonyl (C=O) groups is 1. The second-order valence-electron chi connectivity index (χ2n) is 6.06. The van der Waals surface area contributed by atoms with Crippen molar-refractivity contribution in [3.05, 3.63) is 46.8 Å². The minimum absolute atomic E-state index is 0.152. The fraction of sp³-hybridized carbons (Fsp3) is 0.368. The van der Waals surface area contributed by atoms with Gasteiger partial charge >= 0.3 is 0 Å². The molecule has 0 radical (unpaired) electrons. The minimum Gasteiger partial charge on any atom is -0.497 e. The van der Waals surface area contributed by atoms with Crippen LogP contribution in [-0.2, 0) is 17.8 Å². The number of aromatic nitrogens is 2. The van der Waals surface area contributed by atoms with Gasteiger partial charge in [-0.2, -0.15) is 0 Å². The van der Waals surface area contributed by atoms with E-state index in [1.165, 1.54) is 11.8 Å². The molecule has 0 atom stereocenters. The first kappa shape index (κ1) is 21.9. The van der Waals surface area contributed by atoms with E-state index in [0.29, 0.717) is 24.5 Å². The first-order valence-corrected chi connectivity index (χ1v) is 10.4. The van der Waals surface area contributed by atoms with Crippen LogP contribution in [0.3, 0.4) is 0 Å². The van der Waals surface area contributed by atoms with Crippen LogP contribution in [0.5, 0.6) is 5.75 Å². The van der Waals surface area contributed by atoms with Gasteiger partial charge in [-0.1, -0.05) is 23.9 Å². The number of hydrazine groups is 1. The number of nitrogens with zero attached hydrogens (tertiary/aromatic N) is 2. The smallest absolute Gasteiger partial charge is 0.238 e. The van der Waals surface area contributed by atoms with E-state index < -0.39 is 0 Å². The van der Waals surface area contributed by atoms with E-state index in [4.69, 9.17) is 17.0 Å². The van der Waals surface area contributed by atoms with Gasteiger partial charge in [0.1, 0.15) is 5.75 Å². The van der Waals surface area contributed by atoms with E-state index >= 15 is 0 Å². The molecule has 2 aromatic rings. The van der Waals surface area contributed by atoms with Crippen LogP contribution < -0.4 is 20.9 Å². The highest BCUT2D eigenvalue weighted by molar-refractivity contribution is 7.98. The third kappa shape index (κ3) is 6.65. The van der Waals surface area contributed by atoms with Crippen LogP contribution in [-0.4, -0.2) is 34.4 Å². The van der Waals surface area contributed by atoms with Gasteiger partial charge in [0.25, 0.3) is 0 Å². The zero-order chi connectivity index (χ0) is 20.5. The quantitative estimate of drug-likeness (QED) is 0.273. The molecule has 0 saturated heterocycles. The van der Waals surface area contributed by atoms with Gasteiger partial charge in [-0.25, -0.2) is 9.97 Å². The molecule has 0 saturated carbocycles. The van der Waals surface area contributed by atoms with Crippen molar-refractivity contribution in [1.82, 2.24) is 26.1 Å². The number of rotatable bonds is 7. The molecule has 9 heteroatoms. The Morgan fingerprint density at radius 3 is 2.36 bits per heavy atom. The second-order valence-corrected chi connectivity index (χ2v) is 7.25. The highest BCUT2D eigenvalue weighted by atomic mass is 32.2. The van der Waals surface area contributed by atoms with Crippen LogP contribution in [0.4, 0.5) is 0 Å². The van der Waals surface area contributed by atoms with E-state index in [9.17, 15) is 4.79 Å². The maximum absolute atomic E-state index is 12.1. The van der Waals surface area contributed by atoms with E-state index in [1.807, 2.05) is 44.4 Å². The number of carbonyl (C=O) groups excluding carboxylic acids is 1. The summed E-state index contributed by atoms with van der Waals surface area (Å²) in [5, 5.41) is 4.14. The van der Waals surface area contributed by atoms with Crippen LogP contribution in [0.15, 0.2) is 29.4 Å². The van der Waals surface area contributed by atoms with E-state index in [2.05, 4.69) is 26.1 Å². The molecule has 2 rings (SSSR count). The molecule has 0 unspecified atom stereocenters. The highest BCUT2D eigenvalue weighted by Gasteiger charge is 2.10. The lowest BCUT2D eigenvalue weighted by atomic mass is 10.1. The Morgan fingerprint density at radius 2 is 1.79 bits per heavy atom. The van der Waals surface area contributed by atoms with Crippen LogP contribution in [0.25, 0.3) is 0 Å². The molecular formula is C19H25N5O2S2. The molecule has 28 heavy (non-hydrogen) atoms. The Bertz CT molecular complexity index is 805. The lowest BCUT2D eigenvalue weighted by molar-refractivity contribution is -0.121. The standard InChI is InChI=1S/C19H25N5O2S2/c1-12-16(13(2)22-19(21-12)28-4)9-10-17(25)23-24-18(27)20-11-14-5-7-15(26-3)8-6-14/h5-8H,9-11H2,1-4H3,(H,23,25)(H2,20,24,27). The normalized spacial score (nSPS) is 10.3. The molecule has 3 N–H and O–H groups in total. The Balaban J connectivity index is 1.73. The number of hydrogen-bond donors (Lipinski definition) is 3. The molecule has 0 aliphatic rings. The molecule has 1 aromatic carbocycles. The summed E-state index contributed by atoms with van der Waals surface area (Å²) in [5.41, 5.74) is 9.21. The molecule has 7 nitrogen and oxygen atoms in total. The van der Waals surface area contributed by atoms with Gasteiger partial charge in [-0.15, -0.1) is 0 Å². The molecular weight excluding hydrogens is 394 g/mol. The Morgan fingerprint density at radius 1 is 1.14 bits per heavy atom. The highest BCUT2D eigenvalue weighted by Crippen LogP contribution is 2.17. The number of hydrogen-bond acceptors (Lipinski definition) is 6. The monoisotopic (exact) mass is 419 g/mol. The zero-order valence-electron chi connectivity index (χ0n) is 16.5. The summed E-state index contributed by atoms with van der Waals surface area (Å²) in [5.74, 6) is 0.650. The average molecular weight is 420 g/mol. The Kier molecular flexibility index (Phi) is 8.46. The van der Waals surface area contributed by atoms with Crippen molar-refractivity contribution in [2.75, 3.05) is 13.4 Å². The first-order chi connectivity index (χ1) is 13.4. The molecule has 1 aromatic heterocycles.